The van der Waals surface area contributed by atoms with Gasteiger partial charge in [0, 0.05) is 18.3 Å². The molecule has 0 aliphatic heterocycles. The molecule has 0 aliphatic carbocycles. The summed E-state index contributed by atoms with van der Waals surface area (Å²) < 4.78 is 39.6. The molecule has 2 rings (SSSR count). The highest BCUT2D eigenvalue weighted by Crippen LogP contribution is 2.31. The van der Waals surface area contributed by atoms with E-state index in [9.17, 15) is 13.2 Å². The maximum atomic E-state index is 12.6. The molecule has 1 aromatic carbocycles. The molecule has 6 heteroatoms. The zero-order chi connectivity index (χ0) is 14.0. The molecule has 0 saturated heterocycles. The summed E-state index contributed by atoms with van der Waals surface area (Å²) in [6, 6.07) is 4.45. The average Bonchev–Trinajstić information content (AvgIpc) is 2.86. The highest BCUT2D eigenvalue weighted by molar-refractivity contribution is 5.33. The van der Waals surface area contributed by atoms with Crippen LogP contribution in [0.25, 0.3) is 0 Å². The number of aryl methyl sites for hydroxylation is 1. The third-order valence-corrected chi connectivity index (χ3v) is 2.91. The van der Waals surface area contributed by atoms with Crippen molar-refractivity contribution in [2.24, 2.45) is 5.73 Å². The molecule has 1 heterocycles. The van der Waals surface area contributed by atoms with Gasteiger partial charge in [0.25, 0.3) is 0 Å². The molecule has 0 aliphatic rings. The van der Waals surface area contributed by atoms with E-state index in [0.717, 1.165) is 12.1 Å². The lowest BCUT2D eigenvalue weighted by atomic mass is 10.0. The maximum Gasteiger partial charge on any atom is 0.416 e. The fourth-order valence-electron chi connectivity index (χ4n) is 1.81. The summed E-state index contributed by atoms with van der Waals surface area (Å²) in [7, 11) is 0. The van der Waals surface area contributed by atoms with E-state index in [1.54, 1.807) is 23.1 Å². The first kappa shape index (κ1) is 13.6. The molecule has 102 valence electrons. The van der Waals surface area contributed by atoms with Gasteiger partial charge in [0.1, 0.15) is 0 Å². The van der Waals surface area contributed by atoms with Crippen LogP contribution in [0, 0.1) is 0 Å². The Bertz CT molecular complexity index is 560. The van der Waals surface area contributed by atoms with Crippen LogP contribution in [0.15, 0.2) is 36.7 Å². The van der Waals surface area contributed by atoms with Gasteiger partial charge in [0.05, 0.1) is 17.8 Å². The molecule has 0 fully saturated rings. The third-order valence-electron chi connectivity index (χ3n) is 2.91. The first-order chi connectivity index (χ1) is 8.91. The standard InChI is InChI=1S/C13H14F3N3/c1-2-19-8-10(7-18-19)12(17)9-4-3-5-11(6-9)13(14,15)16/h3-8,12H,2,17H2,1H3. The van der Waals surface area contributed by atoms with Crippen LogP contribution in [0.4, 0.5) is 13.2 Å². The minimum Gasteiger partial charge on any atom is -0.320 e. The fourth-order valence-corrected chi connectivity index (χ4v) is 1.81. The summed E-state index contributed by atoms with van der Waals surface area (Å²) in [5.41, 5.74) is 6.40. The van der Waals surface area contributed by atoms with Crippen molar-refractivity contribution in [1.82, 2.24) is 9.78 Å². The van der Waals surface area contributed by atoms with Crippen LogP contribution < -0.4 is 5.73 Å². The molecule has 0 saturated carbocycles. The van der Waals surface area contributed by atoms with Crippen molar-refractivity contribution >= 4 is 0 Å². The maximum absolute atomic E-state index is 12.6. The van der Waals surface area contributed by atoms with Gasteiger partial charge in [-0.15, -0.1) is 0 Å². The van der Waals surface area contributed by atoms with Gasteiger partial charge in [0.2, 0.25) is 0 Å². The van der Waals surface area contributed by atoms with Crippen LogP contribution in [0.3, 0.4) is 0 Å². The Labute approximate surface area is 108 Å². The fraction of sp³-hybridized carbons (Fsp3) is 0.308. The van der Waals surface area contributed by atoms with Gasteiger partial charge < -0.3 is 5.73 Å². The molecular weight excluding hydrogens is 255 g/mol. The zero-order valence-corrected chi connectivity index (χ0v) is 10.4. The molecule has 2 aromatic rings. The van der Waals surface area contributed by atoms with E-state index in [-0.39, 0.29) is 0 Å². The van der Waals surface area contributed by atoms with Gasteiger partial charge in [-0.3, -0.25) is 4.68 Å². The van der Waals surface area contributed by atoms with Crippen LogP contribution >= 0.6 is 0 Å². The highest BCUT2D eigenvalue weighted by atomic mass is 19.4. The number of nitrogens with zero attached hydrogens (tertiary/aromatic N) is 2. The Balaban J connectivity index is 2.31. The van der Waals surface area contributed by atoms with Crippen LogP contribution in [0.1, 0.15) is 29.7 Å². The molecule has 0 amide bonds. The number of hydrogen-bond acceptors (Lipinski definition) is 2. The van der Waals surface area contributed by atoms with E-state index in [2.05, 4.69) is 5.10 Å². The molecule has 1 aromatic heterocycles. The lowest BCUT2D eigenvalue weighted by molar-refractivity contribution is -0.137. The van der Waals surface area contributed by atoms with Crippen LogP contribution in [-0.2, 0) is 12.7 Å². The van der Waals surface area contributed by atoms with Crippen LogP contribution in [-0.4, -0.2) is 9.78 Å². The molecular formula is C13H14F3N3. The number of benzene rings is 1. The summed E-state index contributed by atoms with van der Waals surface area (Å²) in [5, 5.41) is 4.07. The van der Waals surface area contributed by atoms with Gasteiger partial charge in [-0.2, -0.15) is 18.3 Å². The van der Waals surface area contributed by atoms with Crippen molar-refractivity contribution in [1.29, 1.82) is 0 Å². The second-order valence-electron chi connectivity index (χ2n) is 4.23. The minimum absolute atomic E-state index is 0.422. The first-order valence-electron chi connectivity index (χ1n) is 5.87. The molecule has 19 heavy (non-hydrogen) atoms. The van der Waals surface area contributed by atoms with Crippen molar-refractivity contribution in [2.45, 2.75) is 25.7 Å². The van der Waals surface area contributed by atoms with E-state index >= 15 is 0 Å². The Hall–Kier alpha value is -1.82. The molecule has 0 radical (unpaired) electrons. The Morgan fingerprint density at radius 2 is 2.05 bits per heavy atom. The Morgan fingerprint density at radius 1 is 1.32 bits per heavy atom. The number of aromatic nitrogens is 2. The van der Waals surface area contributed by atoms with Crippen molar-refractivity contribution in [3.8, 4) is 0 Å². The van der Waals surface area contributed by atoms with Gasteiger partial charge >= 0.3 is 6.18 Å². The van der Waals surface area contributed by atoms with E-state index in [0.29, 0.717) is 17.7 Å². The van der Waals surface area contributed by atoms with Crippen LogP contribution in [0.2, 0.25) is 0 Å². The summed E-state index contributed by atoms with van der Waals surface area (Å²) in [6.07, 6.45) is -1.04. The monoisotopic (exact) mass is 269 g/mol. The highest BCUT2D eigenvalue weighted by Gasteiger charge is 2.30. The van der Waals surface area contributed by atoms with E-state index in [1.807, 2.05) is 6.92 Å². The number of nitrogens with two attached hydrogens (primary N) is 1. The van der Waals surface area contributed by atoms with Gasteiger partial charge in [-0.1, -0.05) is 12.1 Å². The number of halogens is 3. The number of hydrogen-bond donors (Lipinski definition) is 1. The van der Waals surface area contributed by atoms with Crippen molar-refractivity contribution in [3.05, 3.63) is 53.3 Å². The van der Waals surface area contributed by atoms with E-state index in [1.165, 1.54) is 6.07 Å². The van der Waals surface area contributed by atoms with Gasteiger partial charge in [-0.05, 0) is 24.6 Å². The van der Waals surface area contributed by atoms with Gasteiger partial charge in [-0.25, -0.2) is 0 Å². The lowest BCUT2D eigenvalue weighted by Gasteiger charge is -2.13. The Kier molecular flexibility index (Phi) is 3.61. The molecule has 2 N–H and O–H groups in total. The van der Waals surface area contributed by atoms with Crippen molar-refractivity contribution in [3.63, 3.8) is 0 Å². The summed E-state index contributed by atoms with van der Waals surface area (Å²) >= 11 is 0. The molecule has 0 bridgehead atoms. The predicted octanol–water partition coefficient (Wildman–Crippen LogP) is 2.97. The smallest absolute Gasteiger partial charge is 0.320 e. The second kappa shape index (κ2) is 5.05. The normalized spacial score (nSPS) is 13.5. The minimum atomic E-state index is -4.36. The second-order valence-corrected chi connectivity index (χ2v) is 4.23. The molecule has 0 spiro atoms. The zero-order valence-electron chi connectivity index (χ0n) is 10.4. The molecule has 3 nitrogen and oxygen atoms in total. The predicted molar refractivity (Wildman–Crippen MR) is 65.4 cm³/mol. The molecule has 1 unspecified atom stereocenters. The van der Waals surface area contributed by atoms with E-state index in [4.69, 9.17) is 5.73 Å². The first-order valence-corrected chi connectivity index (χ1v) is 5.87. The SMILES string of the molecule is CCn1cc(C(N)c2cccc(C(F)(F)F)c2)cn1. The summed E-state index contributed by atoms with van der Waals surface area (Å²) in [4.78, 5) is 0. The lowest BCUT2D eigenvalue weighted by Crippen LogP contribution is -2.13. The van der Waals surface area contributed by atoms with Gasteiger partial charge in [0.15, 0.2) is 0 Å². The number of alkyl halides is 3. The molecule has 1 atom stereocenters. The largest absolute Gasteiger partial charge is 0.416 e. The number of rotatable bonds is 3. The average molecular weight is 269 g/mol. The Morgan fingerprint density at radius 3 is 2.63 bits per heavy atom. The third kappa shape index (κ3) is 2.96. The summed E-state index contributed by atoms with van der Waals surface area (Å²) in [6.45, 7) is 2.61. The van der Waals surface area contributed by atoms with Crippen molar-refractivity contribution in [2.75, 3.05) is 0 Å². The van der Waals surface area contributed by atoms with Crippen LogP contribution in [0.5, 0.6) is 0 Å². The topological polar surface area (TPSA) is 43.8 Å². The van der Waals surface area contributed by atoms with Crippen molar-refractivity contribution < 1.29 is 13.2 Å². The summed E-state index contributed by atoms with van der Waals surface area (Å²) in [5.74, 6) is 0. The quantitative estimate of drug-likeness (QED) is 0.931. The van der Waals surface area contributed by atoms with E-state index < -0.39 is 17.8 Å².